The number of hydrogen-bond donors (Lipinski definition) is 6. The molecule has 101 heavy (non-hydrogen) atoms. The van der Waals surface area contributed by atoms with Gasteiger partial charge in [0.15, 0.2) is 45.6 Å². The highest BCUT2D eigenvalue weighted by atomic mass is 19.1. The van der Waals surface area contributed by atoms with Gasteiger partial charge in [0.1, 0.15) is 79.5 Å². The number of ether oxygens (including phenoxy) is 6. The summed E-state index contributed by atoms with van der Waals surface area (Å²) < 4.78 is 78.6. The number of hydrogen-bond acceptors (Lipinski definition) is 20. The van der Waals surface area contributed by atoms with Crippen LogP contribution in [0.4, 0.5) is 13.2 Å². The van der Waals surface area contributed by atoms with Crippen molar-refractivity contribution in [3.63, 3.8) is 0 Å². The van der Waals surface area contributed by atoms with Gasteiger partial charge in [0, 0.05) is 61.6 Å². The van der Waals surface area contributed by atoms with Gasteiger partial charge in [-0.15, -0.1) is 0 Å². The van der Waals surface area contributed by atoms with E-state index in [2.05, 4.69) is 20.3 Å². The van der Waals surface area contributed by atoms with Crippen LogP contribution in [-0.4, -0.2) is 129 Å². The summed E-state index contributed by atoms with van der Waals surface area (Å²) in [5.74, 6) is -3.80. The highest BCUT2D eigenvalue weighted by Gasteiger charge is 2.42. The zero-order valence-electron chi connectivity index (χ0n) is 54.5. The normalized spacial score (nSPS) is 16.7. The minimum absolute atomic E-state index is 0. The van der Waals surface area contributed by atoms with E-state index in [1.165, 1.54) is 69.5 Å². The fourth-order valence-corrected chi connectivity index (χ4v) is 11.9. The minimum atomic E-state index is -1.15. The number of carbonyl (C=O) groups is 3. The molecule has 10 aromatic rings. The molecule has 3 aliphatic rings. The van der Waals surface area contributed by atoms with Crippen LogP contribution in [0.2, 0.25) is 0 Å². The molecule has 0 spiro atoms. The Bertz CT molecular complexity index is 5000. The Morgan fingerprint density at radius 2 is 0.842 bits per heavy atom. The molecule has 0 radical (unpaired) electrons. The molecule has 0 bridgehead atoms. The van der Waals surface area contributed by atoms with Crippen LogP contribution >= 0.6 is 0 Å². The quantitative estimate of drug-likeness (QED) is 0.0464. The van der Waals surface area contributed by atoms with E-state index < -0.39 is 80.6 Å². The summed E-state index contributed by atoms with van der Waals surface area (Å²) in [6, 6.07) is 27.2. The molecule has 6 N–H and O–H groups in total. The second-order valence-electron chi connectivity index (χ2n) is 24.6. The standard InChI is InChI=1S/C29H27FN2O6.C22H21FN2O6.C21H20FN3O5.2CH4/c1-3-36-28(35)22-26(37-15-19-7-5-4-6-8-19)23-24-25(38-29(2,17-33)16-32(24)27(22)34)20(14-31-23)13-18-9-11-21(30)12-10-18;1-3-30-21(29)15-18(27)16-17-19(31-22(2,11-26)10-25(17)20(15)28)13(9-24-16)8-12-4-6-14(23)7-5-12;1-21(10-26)9-25-16-15(17(27)14(20(25)29)19(28)23-2)24-8-12(18(16)30-21)7-11-3-5-13(22)6-4-11;;/h4-12,14,33H,3,13,15-17H2,1-2H3;4-7,9,26-27H,3,8,10-11H2,1-2H3;3-6,8,26-27H,7,9-10H2,1-2H3,(H,23,28);2*1H4/t29-;22-;21-;;/m111../s1. The Labute approximate surface area is 576 Å². The highest BCUT2D eigenvalue weighted by molar-refractivity contribution is 6.03. The SMILES string of the molecule is C.C.CCOC(=O)c1c(O)c2ncc(Cc3ccc(F)cc3)c3c2n(c1=O)C[C@](C)(CO)O3.CCOC(=O)c1c(OCc2ccccc2)c2ncc(Cc3ccc(F)cc3)c3c2n(c1=O)C[C@](C)(CO)O3.CNC(=O)c1c(O)c2ncc(Cc3ccc(F)cc3)c3c2n(c1=O)C[C@](C)(CO)O3. The molecule has 0 aliphatic carbocycles. The molecule has 530 valence electrons. The molecule has 27 heteroatoms. The Balaban J connectivity index is 0.000000176. The molecule has 9 heterocycles. The molecule has 13 rings (SSSR count). The predicted molar refractivity (Wildman–Crippen MR) is 367 cm³/mol. The summed E-state index contributed by atoms with van der Waals surface area (Å²) in [6.45, 7) is 7.14. The van der Waals surface area contributed by atoms with E-state index in [0.29, 0.717) is 47.2 Å². The summed E-state index contributed by atoms with van der Waals surface area (Å²) in [5.41, 5.74) is -0.521. The molecular weight excluding hydrogens is 1320 g/mol. The van der Waals surface area contributed by atoms with Gasteiger partial charge in [-0.2, -0.15) is 0 Å². The number of carbonyl (C=O) groups excluding carboxylic acids is 3. The first-order chi connectivity index (χ1) is 47.4. The number of aliphatic hydroxyl groups excluding tert-OH is 3. The lowest BCUT2D eigenvalue weighted by molar-refractivity contribution is 0.00336. The van der Waals surface area contributed by atoms with Crippen molar-refractivity contribution in [3.8, 4) is 34.5 Å². The van der Waals surface area contributed by atoms with E-state index in [4.69, 9.17) is 28.4 Å². The van der Waals surface area contributed by atoms with Gasteiger partial charge in [0.05, 0.1) is 52.7 Å². The largest absolute Gasteiger partial charge is 0.505 e. The molecule has 0 unspecified atom stereocenters. The van der Waals surface area contributed by atoms with Crippen molar-refractivity contribution in [2.45, 2.75) is 112 Å². The smallest absolute Gasteiger partial charge is 0.347 e. The number of esters is 2. The fourth-order valence-electron chi connectivity index (χ4n) is 11.9. The van der Waals surface area contributed by atoms with Gasteiger partial charge in [-0.3, -0.25) is 47.8 Å². The molecule has 4 aromatic carbocycles. The van der Waals surface area contributed by atoms with Crippen LogP contribution in [0.1, 0.15) is 119 Å². The average Bonchev–Trinajstić information content (AvgIpc) is 0.737. The van der Waals surface area contributed by atoms with Crippen LogP contribution in [0.15, 0.2) is 136 Å². The van der Waals surface area contributed by atoms with Crippen LogP contribution < -0.4 is 40.9 Å². The number of aromatic nitrogens is 6. The Kier molecular flexibility index (Phi) is 22.1. The lowest BCUT2D eigenvalue weighted by Gasteiger charge is -2.36. The first-order valence-corrected chi connectivity index (χ1v) is 31.4. The van der Waals surface area contributed by atoms with Gasteiger partial charge in [-0.25, -0.2) is 22.8 Å². The number of aromatic hydroxyl groups is 2. The second-order valence-corrected chi connectivity index (χ2v) is 24.6. The average molecular weight is 1390 g/mol. The third kappa shape index (κ3) is 14.7. The van der Waals surface area contributed by atoms with Gasteiger partial charge in [-0.1, -0.05) is 81.6 Å². The lowest BCUT2D eigenvalue weighted by Crippen LogP contribution is -2.48. The maximum atomic E-state index is 13.8. The van der Waals surface area contributed by atoms with E-state index in [-0.39, 0.29) is 135 Å². The molecular formula is C74H76F3N7O17. The topological polar surface area (TPSA) is 324 Å². The van der Waals surface area contributed by atoms with Crippen molar-refractivity contribution >= 4 is 50.9 Å². The number of amides is 1. The number of nitrogens with one attached hydrogen (secondary N) is 1. The molecule has 24 nitrogen and oxygen atoms in total. The number of pyridine rings is 6. The lowest BCUT2D eigenvalue weighted by atomic mass is 10.00. The summed E-state index contributed by atoms with van der Waals surface area (Å²) in [6.07, 6.45) is 5.51. The Morgan fingerprint density at radius 1 is 0.505 bits per heavy atom. The summed E-state index contributed by atoms with van der Waals surface area (Å²) in [7, 11) is 1.35. The van der Waals surface area contributed by atoms with Crippen LogP contribution in [0, 0.1) is 17.5 Å². The summed E-state index contributed by atoms with van der Waals surface area (Å²) in [5, 5.41) is 53.6. The number of rotatable bonds is 17. The third-order valence-electron chi connectivity index (χ3n) is 16.9. The third-order valence-corrected chi connectivity index (χ3v) is 16.9. The second kappa shape index (κ2) is 30.1. The Morgan fingerprint density at radius 3 is 1.21 bits per heavy atom. The van der Waals surface area contributed by atoms with E-state index in [1.807, 2.05) is 30.3 Å². The molecule has 1 amide bonds. The van der Waals surface area contributed by atoms with Gasteiger partial charge in [0.2, 0.25) is 0 Å². The van der Waals surface area contributed by atoms with Gasteiger partial charge >= 0.3 is 11.9 Å². The first-order valence-electron chi connectivity index (χ1n) is 31.4. The first kappa shape index (κ1) is 74.1. The van der Waals surface area contributed by atoms with Gasteiger partial charge in [-0.05, 0) is 93.3 Å². The van der Waals surface area contributed by atoms with E-state index >= 15 is 0 Å². The van der Waals surface area contributed by atoms with E-state index in [1.54, 1.807) is 77.2 Å². The monoisotopic (exact) mass is 1390 g/mol. The van der Waals surface area contributed by atoms with Crippen LogP contribution in [-0.2, 0) is 55.0 Å². The number of halogens is 3. The zero-order chi connectivity index (χ0) is 70.8. The summed E-state index contributed by atoms with van der Waals surface area (Å²) >= 11 is 0. The van der Waals surface area contributed by atoms with Crippen molar-refractivity contribution in [1.82, 2.24) is 34.0 Å². The molecule has 0 saturated carbocycles. The van der Waals surface area contributed by atoms with Crippen LogP contribution in [0.5, 0.6) is 34.5 Å². The van der Waals surface area contributed by atoms with Crippen molar-refractivity contribution in [2.24, 2.45) is 0 Å². The molecule has 0 saturated heterocycles. The van der Waals surface area contributed by atoms with E-state index in [9.17, 15) is 67.5 Å². The van der Waals surface area contributed by atoms with Crippen molar-refractivity contribution in [3.05, 3.63) is 226 Å². The predicted octanol–water partition coefficient (Wildman–Crippen LogP) is 8.78. The summed E-state index contributed by atoms with van der Waals surface area (Å²) in [4.78, 5) is 90.8. The highest BCUT2D eigenvalue weighted by Crippen LogP contribution is 2.44. The number of benzene rings is 4. The van der Waals surface area contributed by atoms with Crippen molar-refractivity contribution in [2.75, 3.05) is 40.1 Å². The van der Waals surface area contributed by atoms with Gasteiger partial charge < -0.3 is 59.3 Å². The van der Waals surface area contributed by atoms with Crippen LogP contribution in [0.3, 0.4) is 0 Å². The Hall–Kier alpha value is -11.2. The maximum absolute atomic E-state index is 13.8. The van der Waals surface area contributed by atoms with Crippen molar-refractivity contribution in [1.29, 1.82) is 0 Å². The van der Waals surface area contributed by atoms with Gasteiger partial charge in [0.25, 0.3) is 22.6 Å². The van der Waals surface area contributed by atoms with E-state index in [0.717, 1.165) is 22.3 Å². The molecule has 3 atom stereocenters. The molecule has 3 aliphatic heterocycles. The minimum Gasteiger partial charge on any atom is -0.505 e. The molecule has 6 aromatic heterocycles. The van der Waals surface area contributed by atoms with Crippen LogP contribution in [0.25, 0.3) is 33.1 Å². The zero-order valence-corrected chi connectivity index (χ0v) is 54.5. The fraction of sp³-hybridized carbons (Fsp3) is 0.311. The molecule has 0 fully saturated rings. The number of nitrogens with zero attached hydrogens (tertiary/aromatic N) is 6. The number of aliphatic hydroxyl groups is 3. The maximum Gasteiger partial charge on any atom is 0.347 e. The van der Waals surface area contributed by atoms with Crippen molar-refractivity contribution < 1.29 is 81.5 Å².